The Morgan fingerprint density at radius 2 is 1.26 bits per heavy atom. The maximum absolute atomic E-state index is 13.0. The average Bonchev–Trinajstić information content (AvgIpc) is 2.69. The molecule has 27 heavy (non-hydrogen) atoms. The van der Waals surface area contributed by atoms with E-state index >= 15 is 0 Å². The van der Waals surface area contributed by atoms with Crippen molar-refractivity contribution in [1.82, 2.24) is 0 Å². The van der Waals surface area contributed by atoms with Crippen molar-refractivity contribution in [2.75, 3.05) is 5.32 Å². The standard InChI is InChI=1S/C22H19NO4/c24-20(25)15-16-11-13-19(14-12-16)23-21(26)22(27,17-7-3-1-4-8-17)18-9-5-2-6-10-18/h1-14,27H,15H2,(H,23,26)(H,24,25). The molecule has 0 fully saturated rings. The monoisotopic (exact) mass is 361 g/mol. The minimum absolute atomic E-state index is 0.0911. The van der Waals surface area contributed by atoms with Gasteiger partial charge in [-0.3, -0.25) is 9.59 Å². The molecule has 0 aliphatic carbocycles. The number of hydrogen-bond acceptors (Lipinski definition) is 3. The van der Waals surface area contributed by atoms with Gasteiger partial charge in [-0.25, -0.2) is 0 Å². The molecular weight excluding hydrogens is 342 g/mol. The van der Waals surface area contributed by atoms with Crippen LogP contribution in [-0.2, 0) is 21.6 Å². The van der Waals surface area contributed by atoms with Gasteiger partial charge in [0.2, 0.25) is 0 Å². The zero-order chi connectivity index (χ0) is 19.3. The van der Waals surface area contributed by atoms with Crippen LogP contribution in [0.1, 0.15) is 16.7 Å². The molecule has 0 spiro atoms. The summed E-state index contributed by atoms with van der Waals surface area (Å²) in [5.41, 5.74) is 0.149. The van der Waals surface area contributed by atoms with Gasteiger partial charge in [0.25, 0.3) is 5.91 Å². The Hall–Kier alpha value is -3.44. The van der Waals surface area contributed by atoms with Gasteiger partial charge in [-0.2, -0.15) is 0 Å². The van der Waals surface area contributed by atoms with E-state index in [4.69, 9.17) is 5.11 Å². The molecule has 136 valence electrons. The van der Waals surface area contributed by atoms with Gasteiger partial charge in [-0.05, 0) is 28.8 Å². The topological polar surface area (TPSA) is 86.6 Å². The highest BCUT2D eigenvalue weighted by Crippen LogP contribution is 2.31. The third-order valence-corrected chi connectivity index (χ3v) is 4.28. The van der Waals surface area contributed by atoms with Gasteiger partial charge in [0.05, 0.1) is 6.42 Å². The van der Waals surface area contributed by atoms with Crippen LogP contribution in [0.15, 0.2) is 84.9 Å². The van der Waals surface area contributed by atoms with Gasteiger partial charge < -0.3 is 15.5 Å². The lowest BCUT2D eigenvalue weighted by molar-refractivity contribution is -0.136. The first-order chi connectivity index (χ1) is 13.0. The number of hydrogen-bond donors (Lipinski definition) is 3. The molecule has 0 aliphatic rings. The van der Waals surface area contributed by atoms with E-state index in [2.05, 4.69) is 5.32 Å². The number of anilines is 1. The normalized spacial score (nSPS) is 11.0. The quantitative estimate of drug-likeness (QED) is 0.629. The summed E-state index contributed by atoms with van der Waals surface area (Å²) in [6.45, 7) is 0. The second kappa shape index (κ2) is 7.85. The summed E-state index contributed by atoms with van der Waals surface area (Å²) >= 11 is 0. The zero-order valence-electron chi connectivity index (χ0n) is 14.5. The summed E-state index contributed by atoms with van der Waals surface area (Å²) in [5.74, 6) is -1.51. The minimum atomic E-state index is -1.86. The maximum atomic E-state index is 13.0. The largest absolute Gasteiger partial charge is 0.481 e. The van der Waals surface area contributed by atoms with Crippen molar-refractivity contribution in [1.29, 1.82) is 0 Å². The Morgan fingerprint density at radius 3 is 1.70 bits per heavy atom. The van der Waals surface area contributed by atoms with E-state index in [0.717, 1.165) is 0 Å². The molecule has 3 rings (SSSR count). The fourth-order valence-corrected chi connectivity index (χ4v) is 2.89. The first-order valence-electron chi connectivity index (χ1n) is 8.46. The van der Waals surface area contributed by atoms with E-state index < -0.39 is 17.5 Å². The van der Waals surface area contributed by atoms with Crippen LogP contribution in [-0.4, -0.2) is 22.1 Å². The Morgan fingerprint density at radius 1 is 0.778 bits per heavy atom. The van der Waals surface area contributed by atoms with E-state index in [-0.39, 0.29) is 6.42 Å². The van der Waals surface area contributed by atoms with Gasteiger partial charge in [-0.15, -0.1) is 0 Å². The smallest absolute Gasteiger partial charge is 0.307 e. The Kier molecular flexibility index (Phi) is 5.33. The molecule has 0 bridgehead atoms. The van der Waals surface area contributed by atoms with Gasteiger partial charge >= 0.3 is 5.97 Å². The molecule has 3 aromatic carbocycles. The van der Waals surface area contributed by atoms with E-state index in [0.29, 0.717) is 22.4 Å². The van der Waals surface area contributed by atoms with Crippen LogP contribution in [0, 0.1) is 0 Å². The van der Waals surface area contributed by atoms with Crippen molar-refractivity contribution in [2.45, 2.75) is 12.0 Å². The number of amides is 1. The number of carboxylic acids is 1. The molecule has 5 heteroatoms. The number of carbonyl (C=O) groups excluding carboxylic acids is 1. The van der Waals surface area contributed by atoms with E-state index in [1.807, 2.05) is 12.1 Å². The molecule has 0 aromatic heterocycles. The van der Waals surface area contributed by atoms with Crippen molar-refractivity contribution in [2.24, 2.45) is 0 Å². The van der Waals surface area contributed by atoms with Crippen molar-refractivity contribution >= 4 is 17.6 Å². The third-order valence-electron chi connectivity index (χ3n) is 4.28. The Labute approximate surface area is 156 Å². The predicted octanol–water partition coefficient (Wildman–Crippen LogP) is 3.19. The van der Waals surface area contributed by atoms with E-state index in [1.165, 1.54) is 0 Å². The van der Waals surface area contributed by atoms with Crippen LogP contribution in [0.4, 0.5) is 5.69 Å². The summed E-state index contributed by atoms with van der Waals surface area (Å²) < 4.78 is 0. The number of nitrogens with one attached hydrogen (secondary N) is 1. The first-order valence-corrected chi connectivity index (χ1v) is 8.46. The maximum Gasteiger partial charge on any atom is 0.307 e. The molecule has 3 aromatic rings. The Balaban J connectivity index is 1.91. The van der Waals surface area contributed by atoms with Gasteiger partial charge in [-0.1, -0.05) is 72.8 Å². The van der Waals surface area contributed by atoms with Gasteiger partial charge in [0.15, 0.2) is 5.60 Å². The molecule has 5 nitrogen and oxygen atoms in total. The lowest BCUT2D eigenvalue weighted by Gasteiger charge is -2.28. The average molecular weight is 361 g/mol. The van der Waals surface area contributed by atoms with Crippen molar-refractivity contribution in [3.05, 3.63) is 102 Å². The van der Waals surface area contributed by atoms with E-state index in [1.54, 1.807) is 72.8 Å². The summed E-state index contributed by atoms with van der Waals surface area (Å²) in [6, 6.07) is 24.0. The number of aliphatic hydroxyl groups is 1. The lowest BCUT2D eigenvalue weighted by Crippen LogP contribution is -2.41. The highest BCUT2D eigenvalue weighted by Gasteiger charge is 2.39. The summed E-state index contributed by atoms with van der Waals surface area (Å²) in [7, 11) is 0. The van der Waals surface area contributed by atoms with Crippen molar-refractivity contribution in [3.8, 4) is 0 Å². The fourth-order valence-electron chi connectivity index (χ4n) is 2.89. The van der Waals surface area contributed by atoms with Gasteiger partial charge in [0, 0.05) is 5.69 Å². The second-order valence-corrected chi connectivity index (χ2v) is 6.16. The third kappa shape index (κ3) is 4.04. The van der Waals surface area contributed by atoms with Crippen LogP contribution in [0.5, 0.6) is 0 Å². The molecule has 0 atom stereocenters. The number of aliphatic carboxylic acids is 1. The highest BCUT2D eigenvalue weighted by molar-refractivity contribution is 6.00. The second-order valence-electron chi connectivity index (χ2n) is 6.16. The number of rotatable bonds is 6. The number of carbonyl (C=O) groups is 2. The molecule has 0 aliphatic heterocycles. The van der Waals surface area contributed by atoms with Crippen LogP contribution in [0.2, 0.25) is 0 Å². The summed E-state index contributed by atoms with van der Waals surface area (Å²) in [6.07, 6.45) is -0.0911. The molecule has 0 saturated carbocycles. The van der Waals surface area contributed by atoms with Crippen molar-refractivity contribution < 1.29 is 19.8 Å². The molecule has 0 saturated heterocycles. The van der Waals surface area contributed by atoms with Crippen LogP contribution >= 0.6 is 0 Å². The minimum Gasteiger partial charge on any atom is -0.481 e. The molecule has 0 heterocycles. The zero-order valence-corrected chi connectivity index (χ0v) is 14.5. The van der Waals surface area contributed by atoms with Crippen LogP contribution in [0.3, 0.4) is 0 Å². The molecular formula is C22H19NO4. The van der Waals surface area contributed by atoms with Crippen LogP contribution < -0.4 is 5.32 Å². The van der Waals surface area contributed by atoms with E-state index in [9.17, 15) is 14.7 Å². The number of carboxylic acid groups (broad SMARTS) is 1. The molecule has 0 unspecified atom stereocenters. The SMILES string of the molecule is O=C(O)Cc1ccc(NC(=O)C(O)(c2ccccc2)c2ccccc2)cc1. The molecule has 1 amide bonds. The first kappa shape index (κ1) is 18.4. The lowest BCUT2D eigenvalue weighted by atomic mass is 9.85. The summed E-state index contributed by atoms with van der Waals surface area (Å²) in [5, 5.41) is 22.9. The number of benzene rings is 3. The molecule has 3 N–H and O–H groups in total. The molecule has 0 radical (unpaired) electrons. The van der Waals surface area contributed by atoms with Crippen molar-refractivity contribution in [3.63, 3.8) is 0 Å². The highest BCUT2D eigenvalue weighted by atomic mass is 16.4. The fraction of sp³-hybridized carbons (Fsp3) is 0.0909. The van der Waals surface area contributed by atoms with Gasteiger partial charge in [0.1, 0.15) is 0 Å². The summed E-state index contributed by atoms with van der Waals surface area (Å²) in [4.78, 5) is 23.8. The Bertz CT molecular complexity index is 882. The predicted molar refractivity (Wildman–Crippen MR) is 102 cm³/mol. The van der Waals surface area contributed by atoms with Crippen LogP contribution in [0.25, 0.3) is 0 Å².